The zero-order chi connectivity index (χ0) is 15.2. The average molecular weight is 289 g/mol. The maximum absolute atomic E-state index is 13.6. The second kappa shape index (κ2) is 6.85. The van der Waals surface area contributed by atoms with Gasteiger partial charge in [-0.3, -0.25) is 4.79 Å². The van der Waals surface area contributed by atoms with Crippen LogP contribution < -0.4 is 5.32 Å². The van der Waals surface area contributed by atoms with Crippen LogP contribution in [0.1, 0.15) is 22.3 Å². The highest BCUT2D eigenvalue weighted by Crippen LogP contribution is 2.18. The van der Waals surface area contributed by atoms with Crippen LogP contribution >= 0.6 is 0 Å². The number of rotatable bonds is 5. The summed E-state index contributed by atoms with van der Waals surface area (Å²) in [6.07, 6.45) is 1.35. The SMILES string of the molecule is O=C(Nc1cccc(CCCO)c1)c1ccc(O)cc1F. The summed E-state index contributed by atoms with van der Waals surface area (Å²) in [5.41, 5.74) is 1.41. The summed E-state index contributed by atoms with van der Waals surface area (Å²) in [7, 11) is 0. The van der Waals surface area contributed by atoms with E-state index in [1.807, 2.05) is 6.07 Å². The number of nitrogens with one attached hydrogen (secondary N) is 1. The van der Waals surface area contributed by atoms with Crippen molar-refractivity contribution in [1.29, 1.82) is 0 Å². The van der Waals surface area contributed by atoms with Crippen molar-refractivity contribution in [2.45, 2.75) is 12.8 Å². The number of halogens is 1. The number of carbonyl (C=O) groups excluding carboxylic acids is 1. The van der Waals surface area contributed by atoms with Gasteiger partial charge in [0.05, 0.1) is 5.56 Å². The molecule has 0 aromatic heterocycles. The van der Waals surface area contributed by atoms with Gasteiger partial charge in [0.1, 0.15) is 11.6 Å². The third kappa shape index (κ3) is 4.03. The number of phenols is 1. The van der Waals surface area contributed by atoms with E-state index in [-0.39, 0.29) is 17.9 Å². The molecule has 0 radical (unpaired) electrons. The van der Waals surface area contributed by atoms with Crippen LogP contribution in [0.3, 0.4) is 0 Å². The minimum Gasteiger partial charge on any atom is -0.508 e. The Kier molecular flexibility index (Phi) is 4.90. The third-order valence-corrected chi connectivity index (χ3v) is 3.01. The zero-order valence-corrected chi connectivity index (χ0v) is 11.3. The lowest BCUT2D eigenvalue weighted by atomic mass is 10.1. The molecule has 0 unspecified atom stereocenters. The molecule has 0 heterocycles. The van der Waals surface area contributed by atoms with Gasteiger partial charge < -0.3 is 15.5 Å². The number of benzene rings is 2. The van der Waals surface area contributed by atoms with E-state index in [9.17, 15) is 9.18 Å². The molecule has 0 aliphatic heterocycles. The lowest BCUT2D eigenvalue weighted by Crippen LogP contribution is -2.13. The number of aliphatic hydroxyl groups excluding tert-OH is 1. The van der Waals surface area contributed by atoms with Crippen molar-refractivity contribution < 1.29 is 19.4 Å². The largest absolute Gasteiger partial charge is 0.508 e. The van der Waals surface area contributed by atoms with Crippen molar-refractivity contribution in [3.63, 3.8) is 0 Å². The predicted molar refractivity (Wildman–Crippen MR) is 77.9 cm³/mol. The van der Waals surface area contributed by atoms with Crippen LogP contribution in [-0.4, -0.2) is 22.7 Å². The smallest absolute Gasteiger partial charge is 0.258 e. The molecular formula is C16H16FNO3. The molecular weight excluding hydrogens is 273 g/mol. The number of anilines is 1. The molecule has 0 atom stereocenters. The van der Waals surface area contributed by atoms with Crippen LogP contribution in [0.4, 0.5) is 10.1 Å². The number of hydrogen-bond donors (Lipinski definition) is 3. The lowest BCUT2D eigenvalue weighted by molar-refractivity contribution is 0.102. The van der Waals surface area contributed by atoms with Crippen molar-refractivity contribution in [3.8, 4) is 5.75 Å². The van der Waals surface area contributed by atoms with Crippen LogP contribution in [0, 0.1) is 5.82 Å². The highest BCUT2D eigenvalue weighted by molar-refractivity contribution is 6.04. The summed E-state index contributed by atoms with van der Waals surface area (Å²) in [4.78, 5) is 12.0. The highest BCUT2D eigenvalue weighted by atomic mass is 19.1. The molecule has 110 valence electrons. The molecule has 5 heteroatoms. The Morgan fingerprint density at radius 1 is 1.19 bits per heavy atom. The molecule has 0 fully saturated rings. The first-order valence-electron chi connectivity index (χ1n) is 6.60. The standard InChI is InChI=1S/C16H16FNO3/c17-15-10-13(20)6-7-14(15)16(21)18-12-5-1-3-11(9-12)4-2-8-19/h1,3,5-7,9-10,19-20H,2,4,8H2,(H,18,21). The number of aliphatic hydroxyl groups is 1. The number of carbonyl (C=O) groups is 1. The van der Waals surface area contributed by atoms with Gasteiger partial charge in [0, 0.05) is 18.4 Å². The third-order valence-electron chi connectivity index (χ3n) is 3.01. The molecule has 3 N–H and O–H groups in total. The minimum atomic E-state index is -0.774. The zero-order valence-electron chi connectivity index (χ0n) is 11.3. The number of phenolic OH excluding ortho intramolecular Hbond substituents is 1. The molecule has 0 bridgehead atoms. The first-order chi connectivity index (χ1) is 10.1. The van der Waals surface area contributed by atoms with Crippen LogP contribution in [0.25, 0.3) is 0 Å². The Morgan fingerprint density at radius 3 is 2.71 bits per heavy atom. The van der Waals surface area contributed by atoms with Crippen molar-refractivity contribution in [1.82, 2.24) is 0 Å². The van der Waals surface area contributed by atoms with Crippen molar-refractivity contribution >= 4 is 11.6 Å². The van der Waals surface area contributed by atoms with Gasteiger partial charge in [-0.15, -0.1) is 0 Å². The molecule has 0 aliphatic rings. The van der Waals surface area contributed by atoms with Crippen LogP contribution in [0.15, 0.2) is 42.5 Å². The molecule has 4 nitrogen and oxygen atoms in total. The first kappa shape index (κ1) is 15.0. The summed E-state index contributed by atoms with van der Waals surface area (Å²) in [5.74, 6) is -1.58. The molecule has 21 heavy (non-hydrogen) atoms. The van der Waals surface area contributed by atoms with E-state index in [0.717, 1.165) is 11.6 Å². The molecule has 2 rings (SSSR count). The Morgan fingerprint density at radius 2 is 2.00 bits per heavy atom. The topological polar surface area (TPSA) is 69.6 Å². The van der Waals surface area contributed by atoms with Crippen LogP contribution in [-0.2, 0) is 6.42 Å². The molecule has 1 amide bonds. The second-order valence-electron chi connectivity index (χ2n) is 4.65. The fourth-order valence-electron chi connectivity index (χ4n) is 1.97. The number of amides is 1. The van der Waals surface area contributed by atoms with Crippen LogP contribution in [0.5, 0.6) is 5.75 Å². The Balaban J connectivity index is 2.12. The van der Waals surface area contributed by atoms with Crippen molar-refractivity contribution in [3.05, 3.63) is 59.4 Å². The van der Waals surface area contributed by atoms with E-state index in [1.54, 1.807) is 18.2 Å². The van der Waals surface area contributed by atoms with Gasteiger partial charge in [-0.2, -0.15) is 0 Å². The fourth-order valence-corrected chi connectivity index (χ4v) is 1.97. The van der Waals surface area contributed by atoms with Crippen molar-refractivity contribution in [2.24, 2.45) is 0 Å². The van der Waals surface area contributed by atoms with E-state index in [2.05, 4.69) is 5.32 Å². The maximum Gasteiger partial charge on any atom is 0.258 e. The maximum atomic E-state index is 13.6. The summed E-state index contributed by atoms with van der Waals surface area (Å²) in [6.45, 7) is 0.106. The summed E-state index contributed by atoms with van der Waals surface area (Å²) >= 11 is 0. The number of aromatic hydroxyl groups is 1. The van der Waals surface area contributed by atoms with Gasteiger partial charge in [-0.25, -0.2) is 4.39 Å². The molecule has 0 aliphatic carbocycles. The quantitative estimate of drug-likeness (QED) is 0.792. The van der Waals surface area contributed by atoms with Gasteiger partial charge in [-0.05, 0) is 42.7 Å². The molecule has 2 aromatic carbocycles. The Hall–Kier alpha value is -2.40. The first-order valence-corrected chi connectivity index (χ1v) is 6.60. The molecule has 0 saturated heterocycles. The highest BCUT2D eigenvalue weighted by Gasteiger charge is 2.12. The van der Waals surface area contributed by atoms with E-state index in [1.165, 1.54) is 12.1 Å². The van der Waals surface area contributed by atoms with Gasteiger partial charge in [0.15, 0.2) is 0 Å². The predicted octanol–water partition coefficient (Wildman–Crippen LogP) is 2.71. The van der Waals surface area contributed by atoms with Gasteiger partial charge in [-0.1, -0.05) is 12.1 Å². The van der Waals surface area contributed by atoms with Gasteiger partial charge in [0.25, 0.3) is 5.91 Å². The average Bonchev–Trinajstić information content (AvgIpc) is 2.45. The molecule has 2 aromatic rings. The van der Waals surface area contributed by atoms with Gasteiger partial charge >= 0.3 is 0 Å². The van der Waals surface area contributed by atoms with Gasteiger partial charge in [0.2, 0.25) is 0 Å². The summed E-state index contributed by atoms with van der Waals surface area (Å²) in [5, 5.41) is 20.6. The monoisotopic (exact) mass is 289 g/mol. The minimum absolute atomic E-state index is 0.106. The Labute approximate surface area is 121 Å². The lowest BCUT2D eigenvalue weighted by Gasteiger charge is -2.08. The van der Waals surface area contributed by atoms with Crippen molar-refractivity contribution in [2.75, 3.05) is 11.9 Å². The van der Waals surface area contributed by atoms with E-state index >= 15 is 0 Å². The second-order valence-corrected chi connectivity index (χ2v) is 4.65. The number of aryl methyl sites for hydroxylation is 1. The Bertz CT molecular complexity index is 643. The summed E-state index contributed by atoms with van der Waals surface area (Å²) < 4.78 is 13.6. The number of hydrogen-bond acceptors (Lipinski definition) is 3. The summed E-state index contributed by atoms with van der Waals surface area (Å²) in [6, 6.07) is 10.6. The normalized spacial score (nSPS) is 10.4. The fraction of sp³-hybridized carbons (Fsp3) is 0.188. The van der Waals surface area contributed by atoms with Crippen LogP contribution in [0.2, 0.25) is 0 Å². The molecule has 0 spiro atoms. The molecule has 0 saturated carbocycles. The van der Waals surface area contributed by atoms with E-state index < -0.39 is 11.7 Å². The van der Waals surface area contributed by atoms with E-state index in [0.29, 0.717) is 18.5 Å². The van der Waals surface area contributed by atoms with E-state index in [4.69, 9.17) is 10.2 Å².